The van der Waals surface area contributed by atoms with Gasteiger partial charge >= 0.3 is 0 Å². The number of nitrogen functional groups attached to an aromatic ring is 1. The van der Waals surface area contributed by atoms with Gasteiger partial charge in [0.15, 0.2) is 0 Å². The maximum atomic E-state index is 9.61. The summed E-state index contributed by atoms with van der Waals surface area (Å²) in [5, 5.41) is 15.1. The van der Waals surface area contributed by atoms with E-state index in [4.69, 9.17) is 11.5 Å². The Labute approximate surface area is 163 Å². The molecule has 2 aromatic carbocycles. The van der Waals surface area contributed by atoms with E-state index in [-0.39, 0.29) is 5.75 Å². The van der Waals surface area contributed by atoms with Crippen molar-refractivity contribution in [2.75, 3.05) is 12.3 Å². The zero-order valence-corrected chi connectivity index (χ0v) is 15.8. The van der Waals surface area contributed by atoms with Crippen LogP contribution in [0.3, 0.4) is 0 Å². The second kappa shape index (κ2) is 7.32. The fraction of sp³-hybridized carbons (Fsp3) is 0.182. The lowest BCUT2D eigenvalue weighted by molar-refractivity contribution is 0.475. The average molecular weight is 373 g/mol. The van der Waals surface area contributed by atoms with Crippen molar-refractivity contribution in [3.05, 3.63) is 60.4 Å². The van der Waals surface area contributed by atoms with Gasteiger partial charge in [0.1, 0.15) is 11.6 Å². The second-order valence-corrected chi connectivity index (χ2v) is 6.74. The van der Waals surface area contributed by atoms with Gasteiger partial charge in [0, 0.05) is 29.3 Å². The van der Waals surface area contributed by atoms with Crippen LogP contribution in [-0.2, 0) is 13.0 Å². The predicted molar refractivity (Wildman–Crippen MR) is 113 cm³/mol. The number of aromatic hydroxyl groups is 1. The van der Waals surface area contributed by atoms with Crippen molar-refractivity contribution in [2.24, 2.45) is 5.73 Å². The normalized spacial score (nSPS) is 11.2. The fourth-order valence-corrected chi connectivity index (χ4v) is 3.69. The van der Waals surface area contributed by atoms with E-state index in [0.717, 1.165) is 45.1 Å². The van der Waals surface area contributed by atoms with E-state index in [1.165, 1.54) is 0 Å². The van der Waals surface area contributed by atoms with Gasteiger partial charge in [0.2, 0.25) is 0 Å². The van der Waals surface area contributed by atoms with E-state index in [1.807, 2.05) is 29.2 Å². The highest BCUT2D eigenvalue weighted by Crippen LogP contribution is 2.37. The minimum Gasteiger partial charge on any atom is -0.508 e. The van der Waals surface area contributed by atoms with Crippen LogP contribution in [0.2, 0.25) is 0 Å². The summed E-state index contributed by atoms with van der Waals surface area (Å²) >= 11 is 0. The number of nitrogens with two attached hydrogens (primary N) is 2. The van der Waals surface area contributed by atoms with Gasteiger partial charge < -0.3 is 16.6 Å². The van der Waals surface area contributed by atoms with Gasteiger partial charge in [-0.25, -0.2) is 4.98 Å². The number of rotatable bonds is 5. The molecule has 2 heterocycles. The smallest absolute Gasteiger partial charge is 0.131 e. The number of anilines is 1. The summed E-state index contributed by atoms with van der Waals surface area (Å²) in [7, 11) is 0. The number of pyridine rings is 1. The van der Waals surface area contributed by atoms with Crippen molar-refractivity contribution in [3.63, 3.8) is 0 Å². The van der Waals surface area contributed by atoms with Gasteiger partial charge in [-0.15, -0.1) is 0 Å². The number of fused-ring (bicyclic) bond motifs is 1. The molecule has 0 fully saturated rings. The predicted octanol–water partition coefficient (Wildman–Crippen LogP) is 3.57. The largest absolute Gasteiger partial charge is 0.508 e. The van der Waals surface area contributed by atoms with Crippen molar-refractivity contribution < 1.29 is 5.11 Å². The molecule has 0 aliphatic carbocycles. The van der Waals surface area contributed by atoms with E-state index in [9.17, 15) is 5.11 Å². The monoisotopic (exact) mass is 373 g/mol. The number of aromatic nitrogens is 3. The molecule has 0 aliphatic heterocycles. The number of hydrogen-bond acceptors (Lipinski definition) is 5. The molecule has 0 saturated heterocycles. The first-order valence-corrected chi connectivity index (χ1v) is 9.35. The highest BCUT2D eigenvalue weighted by Gasteiger charge is 2.16. The molecule has 0 bridgehead atoms. The Kier molecular flexibility index (Phi) is 4.71. The van der Waals surface area contributed by atoms with E-state index in [0.29, 0.717) is 18.9 Å². The molecular formula is C22H23N5O. The third-order valence-corrected chi connectivity index (χ3v) is 5.02. The molecule has 6 heteroatoms. The van der Waals surface area contributed by atoms with Crippen LogP contribution in [0.5, 0.6) is 5.75 Å². The van der Waals surface area contributed by atoms with Gasteiger partial charge in [0.05, 0.1) is 18.3 Å². The molecule has 5 N–H and O–H groups in total. The molecule has 0 atom stereocenters. The van der Waals surface area contributed by atoms with Crippen LogP contribution in [-0.4, -0.2) is 26.4 Å². The molecule has 0 saturated carbocycles. The van der Waals surface area contributed by atoms with E-state index >= 15 is 0 Å². The van der Waals surface area contributed by atoms with Crippen LogP contribution in [0.1, 0.15) is 12.5 Å². The summed E-state index contributed by atoms with van der Waals surface area (Å²) in [6.45, 7) is 3.36. The lowest BCUT2D eigenvalue weighted by atomic mass is 9.91. The number of hydrogen-bond donors (Lipinski definition) is 3. The SMILES string of the molecule is CCc1c(-c2ccc3c(cnn3CCN)c2)cnc(N)c1-c1ccc(O)cc1. The maximum Gasteiger partial charge on any atom is 0.131 e. The Morgan fingerprint density at radius 3 is 2.50 bits per heavy atom. The Morgan fingerprint density at radius 1 is 1.04 bits per heavy atom. The molecule has 6 nitrogen and oxygen atoms in total. The summed E-state index contributed by atoms with van der Waals surface area (Å²) in [5.41, 5.74) is 18.1. The highest BCUT2D eigenvalue weighted by molar-refractivity contribution is 5.89. The molecule has 0 spiro atoms. The molecule has 0 amide bonds. The maximum absolute atomic E-state index is 9.61. The number of phenols is 1. The fourth-order valence-electron chi connectivity index (χ4n) is 3.69. The molecule has 4 rings (SSSR count). The van der Waals surface area contributed by atoms with Gasteiger partial charge in [-0.1, -0.05) is 25.1 Å². The molecule has 142 valence electrons. The highest BCUT2D eigenvalue weighted by atomic mass is 16.3. The van der Waals surface area contributed by atoms with E-state index < -0.39 is 0 Å². The quantitative estimate of drug-likeness (QED) is 0.496. The standard InChI is InChI=1S/C22H23N5O/c1-2-18-19(13-25-22(24)21(18)14-3-6-17(28)7-4-14)15-5-8-20-16(11-15)12-26-27(20)10-9-23/h3-8,11-13,28H,2,9-10,23H2,1H3,(H2,24,25). The molecule has 4 aromatic rings. The van der Waals surface area contributed by atoms with Crippen LogP contribution in [0, 0.1) is 0 Å². The number of benzene rings is 2. The van der Waals surface area contributed by atoms with Crippen molar-refractivity contribution in [1.29, 1.82) is 0 Å². The van der Waals surface area contributed by atoms with Crippen LogP contribution in [0.15, 0.2) is 54.9 Å². The lowest BCUT2D eigenvalue weighted by Crippen LogP contribution is -2.10. The summed E-state index contributed by atoms with van der Waals surface area (Å²) in [6.07, 6.45) is 4.51. The lowest BCUT2D eigenvalue weighted by Gasteiger charge is -2.16. The minimum atomic E-state index is 0.226. The first-order chi connectivity index (χ1) is 13.6. The topological polar surface area (TPSA) is 103 Å². The Bertz CT molecular complexity index is 1130. The molecule has 28 heavy (non-hydrogen) atoms. The van der Waals surface area contributed by atoms with Crippen LogP contribution in [0.4, 0.5) is 5.82 Å². The Balaban J connectivity index is 1.87. The van der Waals surface area contributed by atoms with E-state index in [2.05, 4.69) is 35.2 Å². The molecular weight excluding hydrogens is 350 g/mol. The first kappa shape index (κ1) is 18.0. The number of nitrogens with zero attached hydrogens (tertiary/aromatic N) is 3. The van der Waals surface area contributed by atoms with Gasteiger partial charge in [-0.05, 0) is 47.4 Å². The van der Waals surface area contributed by atoms with Crippen molar-refractivity contribution in [3.8, 4) is 28.0 Å². The van der Waals surface area contributed by atoms with Crippen LogP contribution < -0.4 is 11.5 Å². The molecule has 0 unspecified atom stereocenters. The van der Waals surface area contributed by atoms with Gasteiger partial charge in [-0.3, -0.25) is 4.68 Å². The third-order valence-electron chi connectivity index (χ3n) is 5.02. The summed E-state index contributed by atoms with van der Waals surface area (Å²) in [5.74, 6) is 0.715. The van der Waals surface area contributed by atoms with Crippen LogP contribution >= 0.6 is 0 Å². The third kappa shape index (κ3) is 3.08. The molecule has 0 radical (unpaired) electrons. The van der Waals surface area contributed by atoms with Crippen molar-refractivity contribution in [1.82, 2.24) is 14.8 Å². The van der Waals surface area contributed by atoms with Crippen molar-refractivity contribution >= 4 is 16.7 Å². The summed E-state index contributed by atoms with van der Waals surface area (Å²) < 4.78 is 1.92. The summed E-state index contributed by atoms with van der Waals surface area (Å²) in [6, 6.07) is 13.4. The van der Waals surface area contributed by atoms with Gasteiger partial charge in [-0.2, -0.15) is 5.10 Å². The Hall–Kier alpha value is -3.38. The Morgan fingerprint density at radius 2 is 1.79 bits per heavy atom. The zero-order valence-electron chi connectivity index (χ0n) is 15.8. The molecule has 2 aromatic heterocycles. The van der Waals surface area contributed by atoms with E-state index in [1.54, 1.807) is 12.1 Å². The van der Waals surface area contributed by atoms with Gasteiger partial charge in [0.25, 0.3) is 0 Å². The van der Waals surface area contributed by atoms with Crippen molar-refractivity contribution in [2.45, 2.75) is 19.9 Å². The van der Waals surface area contributed by atoms with Crippen LogP contribution in [0.25, 0.3) is 33.2 Å². The second-order valence-electron chi connectivity index (χ2n) is 6.74. The zero-order chi connectivity index (χ0) is 19.7. The molecule has 0 aliphatic rings. The average Bonchev–Trinajstić information content (AvgIpc) is 3.11. The number of phenolic OH excluding ortho intramolecular Hbond substituents is 1. The minimum absolute atomic E-state index is 0.226. The first-order valence-electron chi connectivity index (χ1n) is 9.35. The summed E-state index contributed by atoms with van der Waals surface area (Å²) in [4.78, 5) is 4.46.